The van der Waals surface area contributed by atoms with Crippen molar-refractivity contribution in [2.45, 2.75) is 24.0 Å². The van der Waals surface area contributed by atoms with Gasteiger partial charge in [-0.3, -0.25) is 4.79 Å². The fourth-order valence-electron chi connectivity index (χ4n) is 2.78. The fourth-order valence-corrected chi connectivity index (χ4v) is 3.42. The first-order chi connectivity index (χ1) is 13.2. The molecule has 1 aliphatic heterocycles. The number of hydrogen-bond acceptors (Lipinski definition) is 7. The summed E-state index contributed by atoms with van der Waals surface area (Å²) in [5.74, 6) is 1.67. The fraction of sp³-hybridized carbons (Fsp3) is 0.421. The molecule has 7 nitrogen and oxygen atoms in total. The Balaban J connectivity index is 1.56. The molecule has 0 unspecified atom stereocenters. The number of benzene rings is 1. The lowest BCUT2D eigenvalue weighted by molar-refractivity contribution is -0.119. The van der Waals surface area contributed by atoms with Gasteiger partial charge in [-0.05, 0) is 43.2 Å². The van der Waals surface area contributed by atoms with Gasteiger partial charge in [0.25, 0.3) is 0 Å². The van der Waals surface area contributed by atoms with Crippen LogP contribution in [0, 0.1) is 0 Å². The molecule has 1 saturated heterocycles. The number of carbonyl (C=O) groups excluding carboxylic acids is 1. The molecule has 1 N–H and O–H groups in total. The number of rotatable bonds is 8. The van der Waals surface area contributed by atoms with Crippen LogP contribution in [0.1, 0.15) is 12.8 Å². The van der Waals surface area contributed by atoms with E-state index in [2.05, 4.69) is 15.5 Å². The van der Waals surface area contributed by atoms with E-state index in [1.54, 1.807) is 14.2 Å². The van der Waals surface area contributed by atoms with E-state index in [-0.39, 0.29) is 12.0 Å². The molecule has 0 aliphatic carbocycles. The highest BCUT2D eigenvalue weighted by Crippen LogP contribution is 2.32. The Kier molecular flexibility index (Phi) is 6.89. The third-order valence-electron chi connectivity index (χ3n) is 4.22. The van der Waals surface area contributed by atoms with Crippen LogP contribution in [-0.2, 0) is 9.53 Å². The number of thioether (sulfide) groups is 1. The first-order valence-corrected chi connectivity index (χ1v) is 9.75. The Bertz CT molecular complexity index is 764. The van der Waals surface area contributed by atoms with Crippen molar-refractivity contribution in [3.63, 3.8) is 0 Å². The van der Waals surface area contributed by atoms with Gasteiger partial charge >= 0.3 is 0 Å². The molecule has 1 amide bonds. The van der Waals surface area contributed by atoms with Crippen LogP contribution in [0.25, 0.3) is 11.3 Å². The summed E-state index contributed by atoms with van der Waals surface area (Å²) in [6.07, 6.45) is 2.22. The Labute approximate surface area is 162 Å². The number of aromatic nitrogens is 2. The summed E-state index contributed by atoms with van der Waals surface area (Å²) in [5.41, 5.74) is 1.48. The van der Waals surface area contributed by atoms with E-state index >= 15 is 0 Å². The van der Waals surface area contributed by atoms with Gasteiger partial charge in [0.2, 0.25) is 5.91 Å². The second kappa shape index (κ2) is 9.57. The van der Waals surface area contributed by atoms with Crippen LogP contribution < -0.4 is 14.8 Å². The first-order valence-electron chi connectivity index (χ1n) is 8.77. The molecule has 0 saturated carbocycles. The lowest BCUT2D eigenvalue weighted by atomic mass is 10.1. The molecule has 1 fully saturated rings. The van der Waals surface area contributed by atoms with E-state index in [0.717, 1.165) is 25.0 Å². The zero-order chi connectivity index (χ0) is 19.1. The van der Waals surface area contributed by atoms with Crippen molar-refractivity contribution >= 4 is 17.7 Å². The van der Waals surface area contributed by atoms with Crippen molar-refractivity contribution in [3.05, 3.63) is 30.3 Å². The SMILES string of the molecule is COc1ccc(OC)c(-c2ccc(SCC(=O)NC[C@@H]3CCCO3)nn2)c1. The molecule has 3 rings (SSSR count). The summed E-state index contributed by atoms with van der Waals surface area (Å²) in [7, 11) is 3.22. The Morgan fingerprint density at radius 2 is 2.15 bits per heavy atom. The van der Waals surface area contributed by atoms with E-state index < -0.39 is 0 Å². The minimum atomic E-state index is -0.0316. The summed E-state index contributed by atoms with van der Waals surface area (Å²) in [4.78, 5) is 11.9. The number of amides is 1. The van der Waals surface area contributed by atoms with Crippen LogP contribution >= 0.6 is 11.8 Å². The number of methoxy groups -OCH3 is 2. The normalized spacial score (nSPS) is 16.1. The second-order valence-corrected chi connectivity index (χ2v) is 7.05. The van der Waals surface area contributed by atoms with Gasteiger partial charge in [-0.1, -0.05) is 11.8 Å². The molecule has 1 aliphatic rings. The van der Waals surface area contributed by atoms with Crippen LogP contribution in [0.2, 0.25) is 0 Å². The standard InChI is InChI=1S/C19H23N3O4S/c1-24-13-5-7-17(25-2)15(10-13)16-6-8-19(22-21-16)27-12-18(23)20-11-14-4-3-9-26-14/h5-8,10,14H,3-4,9,11-12H2,1-2H3,(H,20,23)/t14-/m0/s1. The smallest absolute Gasteiger partial charge is 0.230 e. The molecule has 144 valence electrons. The van der Waals surface area contributed by atoms with Gasteiger partial charge in [0, 0.05) is 18.7 Å². The number of nitrogens with zero attached hydrogens (tertiary/aromatic N) is 2. The zero-order valence-electron chi connectivity index (χ0n) is 15.4. The van der Waals surface area contributed by atoms with E-state index in [9.17, 15) is 4.79 Å². The molecule has 0 spiro atoms. The Morgan fingerprint density at radius 3 is 2.81 bits per heavy atom. The Morgan fingerprint density at radius 1 is 1.26 bits per heavy atom. The predicted molar refractivity (Wildman–Crippen MR) is 103 cm³/mol. The van der Waals surface area contributed by atoms with Crippen molar-refractivity contribution in [2.75, 3.05) is 33.1 Å². The summed E-state index contributed by atoms with van der Waals surface area (Å²) in [6, 6.07) is 9.22. The number of ether oxygens (including phenoxy) is 3. The van der Waals surface area contributed by atoms with E-state index in [0.29, 0.717) is 34.5 Å². The van der Waals surface area contributed by atoms with Gasteiger partial charge in [0.15, 0.2) is 0 Å². The van der Waals surface area contributed by atoms with Gasteiger partial charge < -0.3 is 19.5 Å². The number of nitrogens with one attached hydrogen (secondary N) is 1. The molecule has 2 heterocycles. The molecule has 8 heteroatoms. The molecular formula is C19H23N3O4S. The van der Waals surface area contributed by atoms with Crippen molar-refractivity contribution in [3.8, 4) is 22.8 Å². The molecule has 0 radical (unpaired) electrons. The van der Waals surface area contributed by atoms with Crippen LogP contribution in [0.4, 0.5) is 0 Å². The molecular weight excluding hydrogens is 366 g/mol. The van der Waals surface area contributed by atoms with E-state index in [1.807, 2.05) is 30.3 Å². The summed E-state index contributed by atoms with van der Waals surface area (Å²) >= 11 is 1.35. The maximum absolute atomic E-state index is 11.9. The molecule has 1 atom stereocenters. The third-order valence-corrected chi connectivity index (χ3v) is 5.14. The van der Waals surface area contributed by atoms with Gasteiger partial charge in [0.1, 0.15) is 16.5 Å². The molecule has 2 aromatic rings. The molecule has 27 heavy (non-hydrogen) atoms. The summed E-state index contributed by atoms with van der Waals surface area (Å²) in [5, 5.41) is 12.1. The van der Waals surface area contributed by atoms with Crippen molar-refractivity contribution in [2.24, 2.45) is 0 Å². The lowest BCUT2D eigenvalue weighted by Gasteiger charge is -2.11. The average molecular weight is 389 g/mol. The molecule has 1 aromatic carbocycles. The van der Waals surface area contributed by atoms with Crippen molar-refractivity contribution in [1.29, 1.82) is 0 Å². The van der Waals surface area contributed by atoms with Crippen molar-refractivity contribution < 1.29 is 19.0 Å². The van der Waals surface area contributed by atoms with E-state index in [1.165, 1.54) is 11.8 Å². The maximum Gasteiger partial charge on any atom is 0.230 e. The highest BCUT2D eigenvalue weighted by atomic mass is 32.2. The number of carbonyl (C=O) groups is 1. The van der Waals surface area contributed by atoms with Gasteiger partial charge in [-0.2, -0.15) is 0 Å². The average Bonchev–Trinajstić information content (AvgIpc) is 3.24. The van der Waals surface area contributed by atoms with Crippen LogP contribution in [-0.4, -0.2) is 55.3 Å². The minimum Gasteiger partial charge on any atom is -0.497 e. The van der Waals surface area contributed by atoms with E-state index in [4.69, 9.17) is 14.2 Å². The molecule has 1 aromatic heterocycles. The summed E-state index contributed by atoms with van der Waals surface area (Å²) < 4.78 is 16.1. The van der Waals surface area contributed by atoms with Gasteiger partial charge in [0.05, 0.1) is 31.8 Å². The van der Waals surface area contributed by atoms with Crippen LogP contribution in [0.15, 0.2) is 35.4 Å². The van der Waals surface area contributed by atoms with Gasteiger partial charge in [-0.15, -0.1) is 10.2 Å². The number of hydrogen-bond donors (Lipinski definition) is 1. The topological polar surface area (TPSA) is 82.6 Å². The minimum absolute atomic E-state index is 0.0316. The largest absolute Gasteiger partial charge is 0.497 e. The summed E-state index contributed by atoms with van der Waals surface area (Å²) in [6.45, 7) is 1.36. The maximum atomic E-state index is 11.9. The zero-order valence-corrected chi connectivity index (χ0v) is 16.3. The molecule has 0 bridgehead atoms. The quantitative estimate of drug-likeness (QED) is 0.695. The van der Waals surface area contributed by atoms with Gasteiger partial charge in [-0.25, -0.2) is 0 Å². The third kappa shape index (κ3) is 5.33. The Hall–Kier alpha value is -2.32. The lowest BCUT2D eigenvalue weighted by Crippen LogP contribution is -2.32. The predicted octanol–water partition coefficient (Wildman–Crippen LogP) is 2.55. The highest BCUT2D eigenvalue weighted by molar-refractivity contribution is 7.99. The monoisotopic (exact) mass is 389 g/mol. The first kappa shape index (κ1) is 19.4. The second-order valence-electron chi connectivity index (χ2n) is 6.05. The van der Waals surface area contributed by atoms with Crippen LogP contribution in [0.5, 0.6) is 11.5 Å². The highest BCUT2D eigenvalue weighted by Gasteiger charge is 2.16. The van der Waals surface area contributed by atoms with Crippen molar-refractivity contribution in [1.82, 2.24) is 15.5 Å². The van der Waals surface area contributed by atoms with Crippen LogP contribution in [0.3, 0.4) is 0 Å².